The molecule has 88 valence electrons. The van der Waals surface area contributed by atoms with Crippen molar-refractivity contribution in [3.63, 3.8) is 0 Å². The zero-order chi connectivity index (χ0) is 12.6. The molecular weight excluding hydrogens is 216 g/mol. The van der Waals surface area contributed by atoms with Crippen LogP contribution in [0.4, 0.5) is 0 Å². The van der Waals surface area contributed by atoms with Gasteiger partial charge < -0.3 is 15.3 Å². The lowest BCUT2D eigenvalue weighted by atomic mass is 10.0. The number of aromatic hydroxyl groups is 3. The molecule has 17 heavy (non-hydrogen) atoms. The highest BCUT2D eigenvalue weighted by Gasteiger charge is 2.08. The van der Waals surface area contributed by atoms with Crippen LogP contribution in [-0.2, 0) is 0 Å². The quantitative estimate of drug-likeness (QED) is 0.705. The standard InChI is InChI=1S/C14H14O3/c1-8-3-4-10(5-12(8)15)11-6-13(16)9(2)14(17)7-11/h3-7,15-17H,1-2H3. The molecule has 0 unspecified atom stereocenters. The number of benzene rings is 2. The number of hydrogen-bond acceptors (Lipinski definition) is 3. The minimum absolute atomic E-state index is 0.0417. The molecular formula is C14H14O3. The third kappa shape index (κ3) is 2.04. The summed E-state index contributed by atoms with van der Waals surface area (Å²) in [6, 6.07) is 8.37. The lowest BCUT2D eigenvalue weighted by molar-refractivity contribution is 0.443. The molecule has 2 aromatic rings. The van der Waals surface area contributed by atoms with Gasteiger partial charge in [-0.3, -0.25) is 0 Å². The predicted octanol–water partition coefficient (Wildman–Crippen LogP) is 3.09. The summed E-state index contributed by atoms with van der Waals surface area (Å²) in [4.78, 5) is 0. The largest absolute Gasteiger partial charge is 0.508 e. The van der Waals surface area contributed by atoms with Crippen LogP contribution in [0.25, 0.3) is 11.1 Å². The normalized spacial score (nSPS) is 10.5. The fraction of sp³-hybridized carbons (Fsp3) is 0.143. The molecule has 0 aliphatic heterocycles. The minimum atomic E-state index is 0.0417. The van der Waals surface area contributed by atoms with Crippen LogP contribution in [0.15, 0.2) is 30.3 Å². The Morgan fingerprint density at radius 2 is 1.24 bits per heavy atom. The van der Waals surface area contributed by atoms with Crippen LogP contribution in [0.5, 0.6) is 17.2 Å². The van der Waals surface area contributed by atoms with E-state index < -0.39 is 0 Å². The van der Waals surface area contributed by atoms with E-state index in [9.17, 15) is 15.3 Å². The zero-order valence-corrected chi connectivity index (χ0v) is 9.73. The maximum atomic E-state index is 9.64. The van der Waals surface area contributed by atoms with E-state index in [1.165, 1.54) is 0 Å². The number of phenolic OH excluding ortho intramolecular Hbond substituents is 3. The summed E-state index contributed by atoms with van der Waals surface area (Å²) in [6.07, 6.45) is 0. The fourth-order valence-corrected chi connectivity index (χ4v) is 1.64. The zero-order valence-electron chi connectivity index (χ0n) is 9.73. The Morgan fingerprint density at radius 3 is 1.76 bits per heavy atom. The Morgan fingerprint density at radius 1 is 0.706 bits per heavy atom. The molecule has 0 atom stereocenters. The smallest absolute Gasteiger partial charge is 0.122 e. The van der Waals surface area contributed by atoms with Crippen molar-refractivity contribution in [1.82, 2.24) is 0 Å². The van der Waals surface area contributed by atoms with E-state index in [2.05, 4.69) is 0 Å². The van der Waals surface area contributed by atoms with Gasteiger partial charge in [0.1, 0.15) is 17.2 Å². The van der Waals surface area contributed by atoms with E-state index in [4.69, 9.17) is 0 Å². The van der Waals surface area contributed by atoms with E-state index in [-0.39, 0.29) is 17.2 Å². The van der Waals surface area contributed by atoms with Gasteiger partial charge in [0.05, 0.1) is 0 Å². The summed E-state index contributed by atoms with van der Waals surface area (Å²) >= 11 is 0. The fourth-order valence-electron chi connectivity index (χ4n) is 1.64. The van der Waals surface area contributed by atoms with Gasteiger partial charge in [0.25, 0.3) is 0 Å². The second-order valence-corrected chi connectivity index (χ2v) is 4.14. The molecule has 0 saturated carbocycles. The summed E-state index contributed by atoms with van der Waals surface area (Å²) in [5, 5.41) is 28.9. The Hall–Kier alpha value is -2.16. The number of aryl methyl sites for hydroxylation is 1. The van der Waals surface area contributed by atoms with Crippen molar-refractivity contribution in [2.75, 3.05) is 0 Å². The average molecular weight is 230 g/mol. The van der Waals surface area contributed by atoms with Gasteiger partial charge in [-0.2, -0.15) is 0 Å². The minimum Gasteiger partial charge on any atom is -0.508 e. The predicted molar refractivity (Wildman–Crippen MR) is 66.3 cm³/mol. The van der Waals surface area contributed by atoms with Crippen LogP contribution in [0.1, 0.15) is 11.1 Å². The van der Waals surface area contributed by atoms with Crippen LogP contribution in [0.3, 0.4) is 0 Å². The van der Waals surface area contributed by atoms with Gasteiger partial charge in [-0.25, -0.2) is 0 Å². The SMILES string of the molecule is Cc1ccc(-c2cc(O)c(C)c(O)c2)cc1O. The van der Waals surface area contributed by atoms with Crippen LogP contribution >= 0.6 is 0 Å². The molecule has 2 aromatic carbocycles. The molecule has 0 aromatic heterocycles. The molecule has 3 N–H and O–H groups in total. The first-order valence-electron chi connectivity index (χ1n) is 5.31. The van der Waals surface area contributed by atoms with Crippen molar-refractivity contribution < 1.29 is 15.3 Å². The molecule has 0 aliphatic rings. The summed E-state index contributed by atoms with van der Waals surface area (Å²) in [5.74, 6) is 0.280. The van der Waals surface area contributed by atoms with Crippen molar-refractivity contribution in [2.45, 2.75) is 13.8 Å². The molecule has 3 heteroatoms. The first kappa shape index (κ1) is 11.3. The Balaban J connectivity index is 2.57. The third-order valence-electron chi connectivity index (χ3n) is 2.90. The molecule has 0 heterocycles. The Bertz CT molecular complexity index is 551. The summed E-state index contributed by atoms with van der Waals surface area (Å²) in [7, 11) is 0. The molecule has 0 amide bonds. The first-order chi connectivity index (χ1) is 7.99. The molecule has 0 radical (unpaired) electrons. The summed E-state index contributed by atoms with van der Waals surface area (Å²) in [6.45, 7) is 3.45. The van der Waals surface area contributed by atoms with Gasteiger partial charge in [-0.05, 0) is 48.7 Å². The van der Waals surface area contributed by atoms with Gasteiger partial charge in [0.15, 0.2) is 0 Å². The van der Waals surface area contributed by atoms with Crippen LogP contribution in [-0.4, -0.2) is 15.3 Å². The van der Waals surface area contributed by atoms with Crippen LogP contribution < -0.4 is 0 Å². The number of rotatable bonds is 1. The van der Waals surface area contributed by atoms with Crippen LogP contribution in [0, 0.1) is 13.8 Å². The average Bonchev–Trinajstić information content (AvgIpc) is 2.29. The molecule has 2 rings (SSSR count). The number of hydrogen-bond donors (Lipinski definition) is 3. The highest BCUT2D eigenvalue weighted by Crippen LogP contribution is 2.34. The summed E-state index contributed by atoms with van der Waals surface area (Å²) in [5.41, 5.74) is 2.65. The van der Waals surface area contributed by atoms with Gasteiger partial charge in [0, 0.05) is 5.56 Å². The van der Waals surface area contributed by atoms with E-state index >= 15 is 0 Å². The Labute approximate surface area is 99.6 Å². The highest BCUT2D eigenvalue weighted by atomic mass is 16.3. The highest BCUT2D eigenvalue weighted by molar-refractivity contribution is 5.70. The van der Waals surface area contributed by atoms with E-state index in [1.54, 1.807) is 31.2 Å². The Kier molecular flexibility index (Phi) is 2.68. The van der Waals surface area contributed by atoms with E-state index in [1.807, 2.05) is 13.0 Å². The summed E-state index contributed by atoms with van der Waals surface area (Å²) < 4.78 is 0. The number of phenols is 3. The van der Waals surface area contributed by atoms with Crippen molar-refractivity contribution in [1.29, 1.82) is 0 Å². The molecule has 0 saturated heterocycles. The van der Waals surface area contributed by atoms with Gasteiger partial charge >= 0.3 is 0 Å². The maximum Gasteiger partial charge on any atom is 0.122 e. The molecule has 0 spiro atoms. The van der Waals surface area contributed by atoms with Gasteiger partial charge in [-0.1, -0.05) is 12.1 Å². The lowest BCUT2D eigenvalue weighted by Gasteiger charge is -2.08. The first-order valence-corrected chi connectivity index (χ1v) is 5.31. The molecule has 3 nitrogen and oxygen atoms in total. The van der Waals surface area contributed by atoms with E-state index in [0.29, 0.717) is 11.1 Å². The second kappa shape index (κ2) is 4.01. The third-order valence-corrected chi connectivity index (χ3v) is 2.90. The lowest BCUT2D eigenvalue weighted by Crippen LogP contribution is -1.83. The van der Waals surface area contributed by atoms with Gasteiger partial charge in [0.2, 0.25) is 0 Å². The van der Waals surface area contributed by atoms with Crippen LogP contribution in [0.2, 0.25) is 0 Å². The van der Waals surface area contributed by atoms with Crippen molar-refractivity contribution in [3.8, 4) is 28.4 Å². The van der Waals surface area contributed by atoms with Gasteiger partial charge in [-0.15, -0.1) is 0 Å². The molecule has 0 aliphatic carbocycles. The molecule has 0 bridgehead atoms. The second-order valence-electron chi connectivity index (χ2n) is 4.14. The van der Waals surface area contributed by atoms with Crippen molar-refractivity contribution in [2.24, 2.45) is 0 Å². The van der Waals surface area contributed by atoms with Crippen molar-refractivity contribution in [3.05, 3.63) is 41.5 Å². The maximum absolute atomic E-state index is 9.64. The van der Waals surface area contributed by atoms with Crippen molar-refractivity contribution >= 4 is 0 Å². The molecule has 0 fully saturated rings. The monoisotopic (exact) mass is 230 g/mol. The van der Waals surface area contributed by atoms with E-state index in [0.717, 1.165) is 11.1 Å². The topological polar surface area (TPSA) is 60.7 Å².